The molecule has 6 heteroatoms. The Kier molecular flexibility index (Phi) is 5.80. The predicted molar refractivity (Wildman–Crippen MR) is 102 cm³/mol. The number of esters is 1. The number of nitrogens with one attached hydrogen (secondary N) is 1. The summed E-state index contributed by atoms with van der Waals surface area (Å²) in [5, 5.41) is 4.26. The van der Waals surface area contributed by atoms with Gasteiger partial charge in [0.05, 0.1) is 18.2 Å². The van der Waals surface area contributed by atoms with Crippen molar-refractivity contribution in [3.8, 4) is 0 Å². The van der Waals surface area contributed by atoms with Crippen LogP contribution in [0, 0.1) is 6.92 Å². The Hall–Kier alpha value is -2.11. The highest BCUT2D eigenvalue weighted by molar-refractivity contribution is 9.10. The third-order valence-electron chi connectivity index (χ3n) is 3.48. The van der Waals surface area contributed by atoms with Crippen molar-refractivity contribution in [1.82, 2.24) is 4.98 Å². The number of anilines is 2. The highest BCUT2D eigenvalue weighted by Crippen LogP contribution is 2.28. The molecule has 2 aromatic carbocycles. The molecule has 3 aromatic rings. The summed E-state index contributed by atoms with van der Waals surface area (Å²) in [5.41, 5.74) is 4.11. The van der Waals surface area contributed by atoms with E-state index in [1.165, 1.54) is 7.11 Å². The molecule has 24 heavy (non-hydrogen) atoms. The minimum atomic E-state index is -0.359. The van der Waals surface area contributed by atoms with E-state index in [0.29, 0.717) is 5.56 Å². The lowest BCUT2D eigenvalue weighted by molar-refractivity contribution is 0.0601. The van der Waals surface area contributed by atoms with Gasteiger partial charge in [0, 0.05) is 26.9 Å². The number of pyridine rings is 1. The molecule has 3 rings (SSSR count). The minimum Gasteiger partial charge on any atom is -0.465 e. The lowest BCUT2D eigenvalue weighted by Crippen LogP contribution is -2.02. The summed E-state index contributed by atoms with van der Waals surface area (Å²) in [7, 11) is 1.38. The Labute approximate surface area is 154 Å². The Bertz CT molecular complexity index is 882. The molecule has 0 saturated heterocycles. The number of benzene rings is 2. The molecule has 0 unspecified atom stereocenters. The van der Waals surface area contributed by atoms with Crippen LogP contribution in [0.25, 0.3) is 10.9 Å². The zero-order valence-electron chi connectivity index (χ0n) is 13.2. The van der Waals surface area contributed by atoms with Gasteiger partial charge in [-0.25, -0.2) is 4.79 Å². The number of methoxy groups -OCH3 is 1. The molecule has 0 fully saturated rings. The second kappa shape index (κ2) is 7.64. The average molecular weight is 408 g/mol. The van der Waals surface area contributed by atoms with Crippen LogP contribution < -0.4 is 5.32 Å². The van der Waals surface area contributed by atoms with Crippen LogP contribution in [0.15, 0.2) is 53.0 Å². The van der Waals surface area contributed by atoms with Gasteiger partial charge in [0.1, 0.15) is 0 Å². The fourth-order valence-electron chi connectivity index (χ4n) is 2.40. The highest BCUT2D eigenvalue weighted by Gasteiger charge is 2.10. The second-order valence-electron chi connectivity index (χ2n) is 5.17. The number of nitrogens with zero attached hydrogens (tertiary/aromatic N) is 1. The molecule has 4 nitrogen and oxygen atoms in total. The van der Waals surface area contributed by atoms with E-state index in [4.69, 9.17) is 4.74 Å². The average Bonchev–Trinajstić information content (AvgIpc) is 2.55. The third kappa shape index (κ3) is 3.86. The standard InChI is InChI=1S/C18H15BrN2O2.ClH/c1-11-9-17(21-14-6-4-13(19)5-7-14)15-10-12(18(22)23-2)3-8-16(15)20-11;/h3-10H,1-2H3,(H,20,21);1H. The summed E-state index contributed by atoms with van der Waals surface area (Å²) in [4.78, 5) is 16.3. The van der Waals surface area contributed by atoms with Crippen LogP contribution in [0.5, 0.6) is 0 Å². The van der Waals surface area contributed by atoms with Crippen LogP contribution >= 0.6 is 28.3 Å². The number of halogens is 2. The van der Waals surface area contributed by atoms with Gasteiger partial charge in [-0.15, -0.1) is 12.4 Å². The van der Waals surface area contributed by atoms with Crippen molar-refractivity contribution in [2.24, 2.45) is 0 Å². The number of hydrogen-bond acceptors (Lipinski definition) is 4. The quantitative estimate of drug-likeness (QED) is 0.602. The predicted octanol–water partition coefficient (Wildman–Crippen LogP) is 5.26. The van der Waals surface area contributed by atoms with E-state index >= 15 is 0 Å². The van der Waals surface area contributed by atoms with Crippen molar-refractivity contribution in [2.75, 3.05) is 12.4 Å². The van der Waals surface area contributed by atoms with Crippen LogP contribution in [-0.2, 0) is 4.74 Å². The summed E-state index contributed by atoms with van der Waals surface area (Å²) in [6.07, 6.45) is 0. The van der Waals surface area contributed by atoms with Crippen LogP contribution in [0.4, 0.5) is 11.4 Å². The van der Waals surface area contributed by atoms with Crippen molar-refractivity contribution in [2.45, 2.75) is 6.92 Å². The van der Waals surface area contributed by atoms with E-state index in [1.54, 1.807) is 12.1 Å². The molecular formula is C18H16BrClN2O2. The van der Waals surface area contributed by atoms with Gasteiger partial charge in [0.25, 0.3) is 0 Å². The lowest BCUT2D eigenvalue weighted by atomic mass is 10.1. The minimum absolute atomic E-state index is 0. The van der Waals surface area contributed by atoms with Crippen LogP contribution in [-0.4, -0.2) is 18.1 Å². The number of hydrogen-bond donors (Lipinski definition) is 1. The first-order valence-corrected chi connectivity index (χ1v) is 7.88. The molecular weight excluding hydrogens is 392 g/mol. The molecule has 0 aliphatic rings. The summed E-state index contributed by atoms with van der Waals surface area (Å²) >= 11 is 3.43. The number of ether oxygens (including phenoxy) is 1. The van der Waals surface area contributed by atoms with Crippen molar-refractivity contribution < 1.29 is 9.53 Å². The van der Waals surface area contributed by atoms with Crippen molar-refractivity contribution in [1.29, 1.82) is 0 Å². The van der Waals surface area contributed by atoms with Gasteiger partial charge in [0.2, 0.25) is 0 Å². The molecule has 0 radical (unpaired) electrons. The lowest BCUT2D eigenvalue weighted by Gasteiger charge is -2.12. The van der Waals surface area contributed by atoms with E-state index in [0.717, 1.165) is 32.4 Å². The van der Waals surface area contributed by atoms with Crippen molar-refractivity contribution >= 4 is 56.6 Å². The van der Waals surface area contributed by atoms with E-state index in [2.05, 4.69) is 26.2 Å². The summed E-state index contributed by atoms with van der Waals surface area (Å²) in [6.45, 7) is 1.94. The van der Waals surface area contributed by atoms with E-state index in [9.17, 15) is 4.79 Å². The molecule has 0 aliphatic carbocycles. The molecule has 0 amide bonds. The topological polar surface area (TPSA) is 51.2 Å². The maximum atomic E-state index is 11.8. The van der Waals surface area contributed by atoms with E-state index in [-0.39, 0.29) is 18.4 Å². The van der Waals surface area contributed by atoms with Gasteiger partial charge in [-0.2, -0.15) is 0 Å². The SMILES string of the molecule is COC(=O)c1ccc2nc(C)cc(Nc3ccc(Br)cc3)c2c1.Cl. The monoisotopic (exact) mass is 406 g/mol. The number of carbonyl (C=O) groups is 1. The molecule has 1 N–H and O–H groups in total. The van der Waals surface area contributed by atoms with Gasteiger partial charge in [-0.1, -0.05) is 15.9 Å². The first-order valence-electron chi connectivity index (χ1n) is 7.09. The third-order valence-corrected chi connectivity index (χ3v) is 4.01. The van der Waals surface area contributed by atoms with Gasteiger partial charge < -0.3 is 10.1 Å². The van der Waals surface area contributed by atoms with E-state index in [1.807, 2.05) is 43.3 Å². The summed E-state index contributed by atoms with van der Waals surface area (Å²) in [6, 6.07) is 15.2. The molecule has 0 saturated carbocycles. The number of carbonyl (C=O) groups excluding carboxylic acids is 1. The Morgan fingerprint density at radius 3 is 2.50 bits per heavy atom. The highest BCUT2D eigenvalue weighted by atomic mass is 79.9. The Morgan fingerprint density at radius 1 is 1.12 bits per heavy atom. The maximum Gasteiger partial charge on any atom is 0.337 e. The van der Waals surface area contributed by atoms with Gasteiger partial charge in [0.15, 0.2) is 0 Å². The fourth-order valence-corrected chi connectivity index (χ4v) is 2.66. The molecule has 124 valence electrons. The molecule has 1 aromatic heterocycles. The number of aromatic nitrogens is 1. The van der Waals surface area contributed by atoms with Gasteiger partial charge in [-0.05, 0) is 55.5 Å². The molecule has 1 heterocycles. The number of fused-ring (bicyclic) bond motifs is 1. The molecule has 0 bridgehead atoms. The van der Waals surface area contributed by atoms with Gasteiger partial charge in [-0.3, -0.25) is 4.98 Å². The van der Waals surface area contributed by atoms with Gasteiger partial charge >= 0.3 is 5.97 Å². The van der Waals surface area contributed by atoms with Crippen LogP contribution in [0.1, 0.15) is 16.1 Å². The molecule has 0 atom stereocenters. The summed E-state index contributed by atoms with van der Waals surface area (Å²) < 4.78 is 5.82. The summed E-state index contributed by atoms with van der Waals surface area (Å²) in [5.74, 6) is -0.359. The number of aryl methyl sites for hydroxylation is 1. The molecule has 0 spiro atoms. The van der Waals surface area contributed by atoms with E-state index < -0.39 is 0 Å². The number of rotatable bonds is 3. The van der Waals surface area contributed by atoms with Crippen LogP contribution in [0.3, 0.4) is 0 Å². The second-order valence-corrected chi connectivity index (χ2v) is 6.08. The van der Waals surface area contributed by atoms with Crippen molar-refractivity contribution in [3.05, 3.63) is 64.3 Å². The Balaban J connectivity index is 0.00000208. The fraction of sp³-hybridized carbons (Fsp3) is 0.111. The molecule has 0 aliphatic heterocycles. The normalized spacial score (nSPS) is 10.1. The maximum absolute atomic E-state index is 11.8. The zero-order valence-corrected chi connectivity index (χ0v) is 15.6. The Morgan fingerprint density at radius 2 is 1.83 bits per heavy atom. The largest absolute Gasteiger partial charge is 0.465 e. The first-order chi connectivity index (χ1) is 11.1. The first kappa shape index (κ1) is 18.2. The van der Waals surface area contributed by atoms with Crippen LogP contribution in [0.2, 0.25) is 0 Å². The zero-order chi connectivity index (χ0) is 16.4. The van der Waals surface area contributed by atoms with Crippen molar-refractivity contribution in [3.63, 3.8) is 0 Å². The smallest absolute Gasteiger partial charge is 0.337 e.